The number of hydrogen-bond acceptors (Lipinski definition) is 0. The van der Waals surface area contributed by atoms with Crippen LogP contribution < -0.4 is 9.73 Å². The molecule has 251 valence electrons. The molecule has 0 nitrogen and oxygen atoms in total. The van der Waals surface area contributed by atoms with Gasteiger partial charge in [-0.15, -0.1) is 4.43 Å². The van der Waals surface area contributed by atoms with E-state index in [1.807, 2.05) is 0 Å². The lowest BCUT2D eigenvalue weighted by Crippen LogP contribution is -2.50. The van der Waals surface area contributed by atoms with Crippen LogP contribution in [0.1, 0.15) is 78.6 Å². The first kappa shape index (κ1) is 31.1. The second-order valence-corrected chi connectivity index (χ2v) is 18.7. The highest BCUT2D eigenvalue weighted by Gasteiger charge is 2.53. The minimum atomic E-state index is -0.259. The molecule has 0 aliphatic heterocycles. The maximum absolute atomic E-state index is 2.44. The van der Waals surface area contributed by atoms with Gasteiger partial charge in [0.05, 0.1) is 5.16 Å². The molecule has 0 saturated heterocycles. The van der Waals surface area contributed by atoms with Crippen LogP contribution in [0.15, 0.2) is 194 Å². The predicted molar refractivity (Wildman–Crippen MR) is 226 cm³/mol. The second-order valence-electron chi connectivity index (χ2n) is 15.3. The van der Waals surface area contributed by atoms with Crippen molar-refractivity contribution < 1.29 is 0 Å². The number of benzene rings is 8. The third-order valence-electron chi connectivity index (χ3n) is 13.0. The fourth-order valence-corrected chi connectivity index (χ4v) is 15.4. The van der Waals surface area contributed by atoms with E-state index >= 15 is 0 Å². The van der Waals surface area contributed by atoms with Crippen LogP contribution in [0, 0.1) is 0 Å². The summed E-state index contributed by atoms with van der Waals surface area (Å²) in [7, 11) is 0.512. The van der Waals surface area contributed by atoms with Crippen molar-refractivity contribution in [3.63, 3.8) is 0 Å². The zero-order valence-corrected chi connectivity index (χ0v) is 31.9. The molecule has 0 aromatic heterocycles. The van der Waals surface area contributed by atoms with E-state index in [1.165, 1.54) is 87.6 Å². The summed E-state index contributed by atoms with van der Waals surface area (Å²) in [5.74, 6) is 0.559. The van der Waals surface area contributed by atoms with Crippen LogP contribution in [0.2, 0.25) is 0 Å². The molecule has 1 unspecified atom stereocenters. The molecule has 1 atom stereocenters. The fourth-order valence-electron chi connectivity index (χ4n) is 11.0. The fraction of sp³-hybridized carbons (Fsp3) is 0.0769. The highest BCUT2D eigenvalue weighted by atomic mass is 31.1. The van der Waals surface area contributed by atoms with Crippen molar-refractivity contribution in [3.8, 4) is 11.1 Å². The summed E-state index contributed by atoms with van der Waals surface area (Å²) in [6.07, 6.45) is 0. The second kappa shape index (κ2) is 11.6. The Labute approximate surface area is 325 Å². The van der Waals surface area contributed by atoms with E-state index in [2.05, 4.69) is 194 Å². The molecule has 0 spiro atoms. The zero-order valence-electron chi connectivity index (χ0n) is 29.7. The van der Waals surface area contributed by atoms with Gasteiger partial charge in [0, 0.05) is 11.8 Å². The molecule has 0 amide bonds. The Morgan fingerprint density at radius 1 is 0.333 bits per heavy atom. The van der Waals surface area contributed by atoms with Crippen molar-refractivity contribution in [2.24, 2.45) is 0 Å². The van der Waals surface area contributed by atoms with Gasteiger partial charge in [-0.2, -0.15) is 0 Å². The lowest BCUT2D eigenvalue weighted by atomic mass is 9.60. The summed E-state index contributed by atoms with van der Waals surface area (Å²) in [4.78, 5) is 0. The lowest BCUT2D eigenvalue weighted by molar-refractivity contribution is 0.699. The van der Waals surface area contributed by atoms with Crippen molar-refractivity contribution in [1.82, 2.24) is 0 Å². The molecule has 0 heterocycles. The summed E-state index contributed by atoms with van der Waals surface area (Å²) in [5.41, 5.74) is 20.5. The zero-order chi connectivity index (χ0) is 35.4. The van der Waals surface area contributed by atoms with E-state index in [9.17, 15) is 0 Å². The number of rotatable bonds is 5. The van der Waals surface area contributed by atoms with Crippen LogP contribution in [0.5, 0.6) is 0 Å². The summed E-state index contributed by atoms with van der Waals surface area (Å²) in [6, 6.07) is 74.7. The summed E-state index contributed by atoms with van der Waals surface area (Å²) >= 11 is -0.259. The lowest BCUT2D eigenvalue weighted by Gasteiger charge is -2.51. The molecule has 0 fully saturated rings. The van der Waals surface area contributed by atoms with E-state index in [1.54, 1.807) is 0 Å². The van der Waals surface area contributed by atoms with Gasteiger partial charge in [0.2, 0.25) is 0 Å². The van der Waals surface area contributed by atoms with Gasteiger partial charge in [-0.25, -0.2) is 0 Å². The van der Waals surface area contributed by atoms with E-state index in [-0.39, 0.29) is 36.5 Å². The third-order valence-corrected chi connectivity index (χ3v) is 17.1. The van der Waals surface area contributed by atoms with Crippen LogP contribution in [-0.4, -0.2) is 15.2 Å². The van der Waals surface area contributed by atoms with Gasteiger partial charge in [0.15, 0.2) is 0 Å². The standard InChI is InChI=1S/C32H22P.C20H13.Al/c1-2-12-22(13-3-1)23-14-7-11-21-30(23)33-32-27-18-8-4-15-24(27)31(25-16-5-9-19-28(25)32)26-17-6-10-20-29(26)32;1-2-8-14-13(7-1)19-15-9-3-5-11-17(15)20(14)18-12-6-4-10-16(18)19;/h1-12,14-21,31,33H;1-12,19H;. The summed E-state index contributed by atoms with van der Waals surface area (Å²) in [6.45, 7) is 0. The SMILES string of the molecule is c1ccc(-c2ccccc2PC23c4ccccc4C(c4ccccc42)c2ccccc23)[c]([Al][C]23c4ccccc4C(c4ccccc42)c2ccccc23)c1. The Morgan fingerprint density at radius 3 is 1.13 bits per heavy atom. The highest BCUT2D eigenvalue weighted by Crippen LogP contribution is 2.65. The Hall–Kier alpha value is -5.28. The quantitative estimate of drug-likeness (QED) is 0.123. The molecule has 54 heavy (non-hydrogen) atoms. The molecule has 14 rings (SSSR count). The van der Waals surface area contributed by atoms with E-state index in [4.69, 9.17) is 0 Å². The van der Waals surface area contributed by atoms with E-state index < -0.39 is 0 Å². The third kappa shape index (κ3) is 3.98. The maximum atomic E-state index is 2.44. The predicted octanol–water partition coefficient (Wildman–Crippen LogP) is 10.6. The Morgan fingerprint density at radius 2 is 0.667 bits per heavy atom. The van der Waals surface area contributed by atoms with Gasteiger partial charge in [-0.1, -0.05) is 203 Å². The first-order chi connectivity index (χ1) is 26.8. The van der Waals surface area contributed by atoms with Crippen LogP contribution in [0.25, 0.3) is 11.1 Å². The van der Waals surface area contributed by atoms with Gasteiger partial charge >= 0.3 is 0 Å². The normalized spacial score (nSPS) is 21.8. The van der Waals surface area contributed by atoms with Crippen molar-refractivity contribution in [3.05, 3.63) is 261 Å². The molecule has 6 aliphatic carbocycles. The molecule has 0 saturated carbocycles. The molecular weight excluding hydrogens is 683 g/mol. The summed E-state index contributed by atoms with van der Waals surface area (Å²) in [5, 5.41) is 1.17. The first-order valence-electron chi connectivity index (χ1n) is 19.2. The van der Waals surface area contributed by atoms with Crippen LogP contribution in [-0.2, 0) is 9.43 Å². The van der Waals surface area contributed by atoms with Crippen LogP contribution >= 0.6 is 8.58 Å². The molecule has 4 bridgehead atoms. The average Bonchev–Trinajstić information content (AvgIpc) is 3.24. The van der Waals surface area contributed by atoms with Crippen molar-refractivity contribution >= 4 is 33.5 Å². The van der Waals surface area contributed by atoms with Gasteiger partial charge in [0.1, 0.15) is 0 Å². The van der Waals surface area contributed by atoms with Crippen molar-refractivity contribution in [2.45, 2.75) is 21.3 Å². The highest BCUT2D eigenvalue weighted by molar-refractivity contribution is 7.49. The van der Waals surface area contributed by atoms with E-state index in [0.717, 1.165) is 0 Å². The smallest absolute Gasteiger partial charge is 0.114 e. The molecule has 6 aliphatic rings. The molecule has 8 aromatic carbocycles. The molecule has 2 heteroatoms. The monoisotopic (exact) mass is 717 g/mol. The van der Waals surface area contributed by atoms with Gasteiger partial charge < -0.3 is 0 Å². The van der Waals surface area contributed by atoms with Crippen LogP contribution in [0.4, 0.5) is 0 Å². The Bertz CT molecular complexity index is 2400. The van der Waals surface area contributed by atoms with Crippen molar-refractivity contribution in [1.29, 1.82) is 0 Å². The molecule has 1 radical (unpaired) electrons. The van der Waals surface area contributed by atoms with Gasteiger partial charge in [-0.3, -0.25) is 0 Å². The minimum absolute atomic E-state index is 0.205. The molecular formula is C52H35AlP. The summed E-state index contributed by atoms with van der Waals surface area (Å²) < 4.78 is 1.27. The van der Waals surface area contributed by atoms with E-state index in [0.29, 0.717) is 8.58 Å². The number of hydrogen-bond donors (Lipinski definition) is 0. The maximum Gasteiger partial charge on any atom is 0.283 e. The minimum Gasteiger partial charge on any atom is -0.114 e. The van der Waals surface area contributed by atoms with Crippen LogP contribution in [0.3, 0.4) is 0 Å². The Kier molecular flexibility index (Phi) is 6.69. The Balaban J connectivity index is 1.07. The van der Waals surface area contributed by atoms with Crippen molar-refractivity contribution in [2.75, 3.05) is 0 Å². The molecule has 8 aromatic rings. The molecule has 0 N–H and O–H groups in total. The topological polar surface area (TPSA) is 0 Å². The van der Waals surface area contributed by atoms with Gasteiger partial charge in [-0.05, 0) is 87.5 Å². The largest absolute Gasteiger partial charge is 0.283 e. The van der Waals surface area contributed by atoms with Gasteiger partial charge in [0.25, 0.3) is 15.2 Å². The first-order valence-corrected chi connectivity index (χ1v) is 21.3. The average molecular weight is 718 g/mol.